The zero-order valence-electron chi connectivity index (χ0n) is 16.8. The number of carbonyl (C=O) groups excluding carboxylic acids is 3. The normalized spacial score (nSPS) is 15.1. The summed E-state index contributed by atoms with van der Waals surface area (Å²) in [5, 5.41) is 2.70. The number of rotatable bonds is 5. The molecular formula is C24H15Cl2FN2O4. The summed E-state index contributed by atoms with van der Waals surface area (Å²) in [6, 6.07) is 15.9. The van der Waals surface area contributed by atoms with E-state index >= 15 is 0 Å². The molecular weight excluding hydrogens is 470 g/mol. The molecule has 3 aromatic rings. The summed E-state index contributed by atoms with van der Waals surface area (Å²) in [4.78, 5) is 38.4. The number of halogens is 3. The molecule has 1 aliphatic heterocycles. The molecule has 1 aliphatic rings. The van der Waals surface area contributed by atoms with Gasteiger partial charge in [-0.1, -0.05) is 47.5 Å². The smallest absolute Gasteiger partial charge is 0.335 e. The first-order chi connectivity index (χ1) is 15.8. The molecule has 1 saturated heterocycles. The number of imide groups is 2. The van der Waals surface area contributed by atoms with Gasteiger partial charge in [0, 0.05) is 5.02 Å². The van der Waals surface area contributed by atoms with Crippen molar-refractivity contribution in [2.24, 2.45) is 0 Å². The predicted octanol–water partition coefficient (Wildman–Crippen LogP) is 5.38. The van der Waals surface area contributed by atoms with Gasteiger partial charge < -0.3 is 4.74 Å². The fourth-order valence-corrected chi connectivity index (χ4v) is 3.61. The summed E-state index contributed by atoms with van der Waals surface area (Å²) >= 11 is 12.3. The molecule has 1 heterocycles. The van der Waals surface area contributed by atoms with Gasteiger partial charge in [0.1, 0.15) is 23.7 Å². The summed E-state index contributed by atoms with van der Waals surface area (Å²) in [5.41, 5.74) is 1.05. The number of benzene rings is 3. The van der Waals surface area contributed by atoms with E-state index in [-0.39, 0.29) is 28.7 Å². The number of nitrogens with one attached hydrogen (secondary N) is 1. The van der Waals surface area contributed by atoms with Crippen LogP contribution in [0.3, 0.4) is 0 Å². The van der Waals surface area contributed by atoms with Crippen molar-refractivity contribution < 1.29 is 23.5 Å². The van der Waals surface area contributed by atoms with Gasteiger partial charge in [-0.05, 0) is 59.7 Å². The van der Waals surface area contributed by atoms with Gasteiger partial charge in [0.25, 0.3) is 11.8 Å². The Balaban J connectivity index is 1.57. The molecule has 0 unspecified atom stereocenters. The average molecular weight is 485 g/mol. The van der Waals surface area contributed by atoms with Gasteiger partial charge in [-0.3, -0.25) is 14.9 Å². The zero-order valence-corrected chi connectivity index (χ0v) is 18.4. The van der Waals surface area contributed by atoms with Gasteiger partial charge in [-0.15, -0.1) is 0 Å². The molecule has 0 aromatic heterocycles. The lowest BCUT2D eigenvalue weighted by Gasteiger charge is -2.26. The second-order valence-corrected chi connectivity index (χ2v) is 7.89. The Labute approximate surface area is 198 Å². The van der Waals surface area contributed by atoms with Crippen molar-refractivity contribution >= 4 is 52.8 Å². The number of amides is 4. The number of hydrogen-bond acceptors (Lipinski definition) is 4. The fourth-order valence-electron chi connectivity index (χ4n) is 3.19. The molecule has 0 radical (unpaired) electrons. The minimum atomic E-state index is -0.872. The zero-order chi connectivity index (χ0) is 23.5. The van der Waals surface area contributed by atoms with Crippen LogP contribution in [0.15, 0.2) is 72.3 Å². The Morgan fingerprint density at radius 1 is 0.970 bits per heavy atom. The molecule has 0 atom stereocenters. The highest BCUT2D eigenvalue weighted by Gasteiger charge is 2.36. The number of ether oxygens (including phenoxy) is 1. The number of anilines is 1. The molecule has 0 bridgehead atoms. The third-order valence-electron chi connectivity index (χ3n) is 4.72. The molecule has 1 N–H and O–H groups in total. The van der Waals surface area contributed by atoms with Crippen molar-refractivity contribution in [3.63, 3.8) is 0 Å². The van der Waals surface area contributed by atoms with E-state index < -0.39 is 17.8 Å². The fraction of sp³-hybridized carbons (Fsp3) is 0.0417. The van der Waals surface area contributed by atoms with E-state index in [1.807, 2.05) is 0 Å². The van der Waals surface area contributed by atoms with E-state index in [9.17, 15) is 18.8 Å². The number of nitrogens with zero attached hydrogens (tertiary/aromatic N) is 1. The minimum absolute atomic E-state index is 0.107. The molecule has 3 aromatic carbocycles. The summed E-state index contributed by atoms with van der Waals surface area (Å²) < 4.78 is 18.9. The van der Waals surface area contributed by atoms with Crippen LogP contribution in [0.4, 0.5) is 14.9 Å². The molecule has 9 heteroatoms. The SMILES string of the molecule is O=C1NC(=O)N(c2cccc(Cl)c2)C(=O)/C1=C/c1ccc(OCc2cccc(F)c2)c(Cl)c1. The molecule has 33 heavy (non-hydrogen) atoms. The van der Waals surface area contributed by atoms with Crippen LogP contribution in [-0.4, -0.2) is 17.8 Å². The van der Waals surface area contributed by atoms with Crippen molar-refractivity contribution in [2.75, 3.05) is 4.90 Å². The van der Waals surface area contributed by atoms with Crippen LogP contribution >= 0.6 is 23.2 Å². The number of carbonyl (C=O) groups is 3. The van der Waals surface area contributed by atoms with Crippen LogP contribution in [0.2, 0.25) is 10.0 Å². The highest BCUT2D eigenvalue weighted by molar-refractivity contribution is 6.39. The second kappa shape index (κ2) is 9.44. The van der Waals surface area contributed by atoms with Crippen molar-refractivity contribution in [3.05, 3.63) is 99.3 Å². The summed E-state index contributed by atoms with van der Waals surface area (Å²) in [7, 11) is 0. The highest BCUT2D eigenvalue weighted by atomic mass is 35.5. The monoisotopic (exact) mass is 484 g/mol. The van der Waals surface area contributed by atoms with Crippen molar-refractivity contribution in [1.82, 2.24) is 5.32 Å². The van der Waals surface area contributed by atoms with Crippen molar-refractivity contribution in [1.29, 1.82) is 0 Å². The number of hydrogen-bond donors (Lipinski definition) is 1. The first-order valence-corrected chi connectivity index (χ1v) is 10.4. The lowest BCUT2D eigenvalue weighted by Crippen LogP contribution is -2.54. The van der Waals surface area contributed by atoms with Crippen LogP contribution in [0.1, 0.15) is 11.1 Å². The topological polar surface area (TPSA) is 75.7 Å². The van der Waals surface area contributed by atoms with Crippen LogP contribution in [-0.2, 0) is 16.2 Å². The van der Waals surface area contributed by atoms with Gasteiger partial charge in [0.15, 0.2) is 0 Å². The number of urea groups is 1. The average Bonchev–Trinajstić information content (AvgIpc) is 2.76. The Hall–Kier alpha value is -3.68. The molecule has 0 saturated carbocycles. The number of barbiturate groups is 1. The first-order valence-electron chi connectivity index (χ1n) is 9.65. The lowest BCUT2D eigenvalue weighted by atomic mass is 10.1. The van der Waals surface area contributed by atoms with Crippen molar-refractivity contribution in [3.8, 4) is 5.75 Å². The quantitative estimate of drug-likeness (QED) is 0.389. The van der Waals surface area contributed by atoms with Crippen LogP contribution in [0.5, 0.6) is 5.75 Å². The molecule has 4 amide bonds. The molecule has 4 rings (SSSR count). The maximum absolute atomic E-state index is 13.3. The summed E-state index contributed by atoms with van der Waals surface area (Å²) in [6.45, 7) is 0.107. The summed E-state index contributed by atoms with van der Waals surface area (Å²) in [5.74, 6) is -1.65. The van der Waals surface area contributed by atoms with Crippen LogP contribution in [0, 0.1) is 5.82 Å². The van der Waals surface area contributed by atoms with Crippen LogP contribution < -0.4 is 15.0 Å². The van der Waals surface area contributed by atoms with Gasteiger partial charge in [-0.25, -0.2) is 14.1 Å². The standard InChI is InChI=1S/C24H15Cl2FN2O4/c25-16-4-2-6-18(12-16)29-23(31)19(22(30)28-24(29)32)10-14-7-8-21(20(26)11-14)33-13-15-3-1-5-17(27)9-15/h1-12H,13H2,(H,28,30,32)/b19-10+. The summed E-state index contributed by atoms with van der Waals surface area (Å²) in [6.07, 6.45) is 1.32. The maximum atomic E-state index is 13.3. The lowest BCUT2D eigenvalue weighted by molar-refractivity contribution is -0.122. The Kier molecular flexibility index (Phi) is 6.44. The Bertz CT molecular complexity index is 1310. The van der Waals surface area contributed by atoms with Gasteiger partial charge in [-0.2, -0.15) is 0 Å². The minimum Gasteiger partial charge on any atom is -0.487 e. The Morgan fingerprint density at radius 3 is 2.48 bits per heavy atom. The second-order valence-electron chi connectivity index (χ2n) is 7.05. The highest BCUT2D eigenvalue weighted by Crippen LogP contribution is 2.29. The van der Waals surface area contributed by atoms with Crippen molar-refractivity contribution in [2.45, 2.75) is 6.61 Å². The van der Waals surface area contributed by atoms with E-state index in [0.29, 0.717) is 21.9 Å². The third kappa shape index (κ3) is 5.05. The molecule has 6 nitrogen and oxygen atoms in total. The largest absolute Gasteiger partial charge is 0.487 e. The van der Waals surface area contributed by atoms with E-state index in [1.165, 1.54) is 36.4 Å². The van der Waals surface area contributed by atoms with E-state index in [4.69, 9.17) is 27.9 Å². The van der Waals surface area contributed by atoms with Gasteiger partial charge >= 0.3 is 6.03 Å². The first kappa shape index (κ1) is 22.5. The third-order valence-corrected chi connectivity index (χ3v) is 5.25. The molecule has 0 aliphatic carbocycles. The van der Waals surface area contributed by atoms with E-state index in [0.717, 1.165) is 4.90 Å². The van der Waals surface area contributed by atoms with Gasteiger partial charge in [0.05, 0.1) is 10.7 Å². The molecule has 1 fully saturated rings. The Morgan fingerprint density at radius 2 is 1.76 bits per heavy atom. The predicted molar refractivity (Wildman–Crippen MR) is 123 cm³/mol. The molecule has 0 spiro atoms. The van der Waals surface area contributed by atoms with E-state index in [1.54, 1.807) is 36.4 Å². The maximum Gasteiger partial charge on any atom is 0.335 e. The van der Waals surface area contributed by atoms with Crippen LogP contribution in [0.25, 0.3) is 6.08 Å². The molecule has 166 valence electrons. The van der Waals surface area contributed by atoms with Gasteiger partial charge in [0.2, 0.25) is 0 Å². The van der Waals surface area contributed by atoms with E-state index in [2.05, 4.69) is 5.32 Å².